The van der Waals surface area contributed by atoms with Crippen molar-refractivity contribution in [2.24, 2.45) is 0 Å². The quantitative estimate of drug-likeness (QED) is 0.707. The molecule has 0 saturated carbocycles. The van der Waals surface area contributed by atoms with Crippen LogP contribution >= 0.6 is 0 Å². The van der Waals surface area contributed by atoms with Crippen LogP contribution in [0.2, 0.25) is 0 Å². The fourth-order valence-corrected chi connectivity index (χ4v) is 2.73. The number of para-hydroxylation sites is 1. The van der Waals surface area contributed by atoms with E-state index >= 15 is 0 Å². The molecule has 0 saturated heterocycles. The summed E-state index contributed by atoms with van der Waals surface area (Å²) in [5.41, 5.74) is 4.22. The lowest BCUT2D eigenvalue weighted by Crippen LogP contribution is -2.05. The van der Waals surface area contributed by atoms with Gasteiger partial charge in [-0.2, -0.15) is 5.10 Å². The van der Waals surface area contributed by atoms with E-state index in [0.717, 1.165) is 35.7 Å². The summed E-state index contributed by atoms with van der Waals surface area (Å²) in [5.74, 6) is 0.833. The van der Waals surface area contributed by atoms with Crippen LogP contribution in [0, 0.1) is 6.92 Å². The number of hydrogen-bond acceptors (Lipinski definition) is 3. The minimum Gasteiger partial charge on any atom is -0.487 e. The number of aliphatic hydroxyl groups is 1. The van der Waals surface area contributed by atoms with Crippen LogP contribution in [0.5, 0.6) is 5.75 Å². The van der Waals surface area contributed by atoms with E-state index < -0.39 is 0 Å². The van der Waals surface area contributed by atoms with Gasteiger partial charge in [-0.3, -0.25) is 0 Å². The van der Waals surface area contributed by atoms with E-state index in [1.807, 2.05) is 67.1 Å². The van der Waals surface area contributed by atoms with E-state index in [1.54, 1.807) is 0 Å². The van der Waals surface area contributed by atoms with Crippen molar-refractivity contribution in [1.82, 2.24) is 9.78 Å². The molecule has 4 heteroatoms. The first-order valence-corrected chi connectivity index (χ1v) is 8.62. The second-order valence-corrected chi connectivity index (χ2v) is 6.34. The molecule has 0 bridgehead atoms. The summed E-state index contributed by atoms with van der Waals surface area (Å²) in [4.78, 5) is 0. The zero-order valence-corrected chi connectivity index (χ0v) is 14.7. The molecule has 1 N–H and O–H groups in total. The molecular formula is C21H24N2O2. The topological polar surface area (TPSA) is 47.3 Å². The van der Waals surface area contributed by atoms with Gasteiger partial charge >= 0.3 is 0 Å². The first kappa shape index (κ1) is 17.2. The van der Waals surface area contributed by atoms with Crippen LogP contribution in [0.3, 0.4) is 0 Å². The summed E-state index contributed by atoms with van der Waals surface area (Å²) in [7, 11) is 0. The van der Waals surface area contributed by atoms with E-state index in [-0.39, 0.29) is 6.10 Å². The smallest absolute Gasteiger partial charge is 0.130 e. The van der Waals surface area contributed by atoms with Gasteiger partial charge in [0, 0.05) is 0 Å². The molecule has 0 radical (unpaired) electrons. The van der Waals surface area contributed by atoms with Gasteiger partial charge in [0.2, 0.25) is 0 Å². The Labute approximate surface area is 148 Å². The fourth-order valence-electron chi connectivity index (χ4n) is 2.73. The van der Waals surface area contributed by atoms with Gasteiger partial charge < -0.3 is 9.84 Å². The highest BCUT2D eigenvalue weighted by Crippen LogP contribution is 2.18. The summed E-state index contributed by atoms with van der Waals surface area (Å²) in [5, 5.41) is 13.9. The third-order valence-electron chi connectivity index (χ3n) is 4.07. The molecule has 25 heavy (non-hydrogen) atoms. The Balaban J connectivity index is 1.66. The van der Waals surface area contributed by atoms with Gasteiger partial charge in [0.15, 0.2) is 0 Å². The van der Waals surface area contributed by atoms with Gasteiger partial charge in [-0.05, 0) is 62.6 Å². The number of aliphatic hydroxyl groups excluding tert-OH is 1. The number of benzene rings is 2. The molecule has 0 aliphatic heterocycles. The van der Waals surface area contributed by atoms with Crippen LogP contribution in [-0.4, -0.2) is 21.0 Å². The normalized spacial score (nSPS) is 12.1. The minimum atomic E-state index is -0.266. The predicted octanol–water partition coefficient (Wildman–Crippen LogP) is 4.07. The molecule has 3 aromatic rings. The molecule has 0 amide bonds. The number of nitrogens with zero attached hydrogens (tertiary/aromatic N) is 2. The van der Waals surface area contributed by atoms with E-state index in [4.69, 9.17) is 4.74 Å². The number of aryl methyl sites for hydroxylation is 2. The van der Waals surface area contributed by atoms with Crippen molar-refractivity contribution < 1.29 is 9.84 Å². The van der Waals surface area contributed by atoms with Crippen LogP contribution in [0.15, 0.2) is 60.7 Å². The lowest BCUT2D eigenvalue weighted by atomic mass is 10.1. The molecule has 2 aromatic carbocycles. The van der Waals surface area contributed by atoms with Gasteiger partial charge in [0.1, 0.15) is 12.4 Å². The van der Waals surface area contributed by atoms with Crippen molar-refractivity contribution in [3.63, 3.8) is 0 Å². The lowest BCUT2D eigenvalue weighted by molar-refractivity contribution is 0.185. The Morgan fingerprint density at radius 3 is 2.48 bits per heavy atom. The van der Waals surface area contributed by atoms with E-state index in [9.17, 15) is 5.11 Å². The molecule has 1 atom stereocenters. The monoisotopic (exact) mass is 336 g/mol. The second-order valence-electron chi connectivity index (χ2n) is 6.34. The molecule has 1 aromatic heterocycles. The van der Waals surface area contributed by atoms with Gasteiger partial charge in [0.05, 0.1) is 23.2 Å². The first-order chi connectivity index (χ1) is 12.1. The predicted molar refractivity (Wildman–Crippen MR) is 99.1 cm³/mol. The molecular weight excluding hydrogens is 312 g/mol. The largest absolute Gasteiger partial charge is 0.487 e. The third-order valence-corrected chi connectivity index (χ3v) is 4.07. The summed E-state index contributed by atoms with van der Waals surface area (Å²) in [6.07, 6.45) is 1.38. The van der Waals surface area contributed by atoms with Gasteiger partial charge in [0.25, 0.3) is 0 Å². The van der Waals surface area contributed by atoms with Crippen molar-refractivity contribution >= 4 is 0 Å². The maximum Gasteiger partial charge on any atom is 0.130 e. The molecule has 130 valence electrons. The van der Waals surface area contributed by atoms with Gasteiger partial charge in [-0.25, -0.2) is 4.68 Å². The molecule has 3 rings (SSSR count). The fraction of sp³-hybridized carbons (Fsp3) is 0.286. The zero-order chi connectivity index (χ0) is 17.6. The maximum absolute atomic E-state index is 9.37. The van der Waals surface area contributed by atoms with E-state index in [2.05, 4.69) is 17.2 Å². The number of aromatic nitrogens is 2. The third kappa shape index (κ3) is 4.70. The Morgan fingerprint density at radius 1 is 1.08 bits per heavy atom. The number of rotatable bonds is 7. The zero-order valence-electron chi connectivity index (χ0n) is 14.7. The highest BCUT2D eigenvalue weighted by Gasteiger charge is 2.08. The summed E-state index contributed by atoms with van der Waals surface area (Å²) in [6, 6.07) is 20.2. The van der Waals surface area contributed by atoms with Crippen LogP contribution < -0.4 is 4.74 Å². The second kappa shape index (κ2) is 7.99. The molecule has 1 unspecified atom stereocenters. The maximum atomic E-state index is 9.37. The SMILES string of the molecule is Cc1cc(COc2ccc(CCC(C)O)cc2)n(-c2ccccc2)n1. The van der Waals surface area contributed by atoms with Crippen molar-refractivity contribution in [1.29, 1.82) is 0 Å². The van der Waals surface area contributed by atoms with Crippen molar-refractivity contribution in [3.8, 4) is 11.4 Å². The van der Waals surface area contributed by atoms with Gasteiger partial charge in [-0.1, -0.05) is 30.3 Å². The van der Waals surface area contributed by atoms with Crippen molar-refractivity contribution in [2.75, 3.05) is 0 Å². The summed E-state index contributed by atoms with van der Waals surface area (Å²) >= 11 is 0. The number of hydrogen-bond donors (Lipinski definition) is 1. The van der Waals surface area contributed by atoms with Gasteiger partial charge in [-0.15, -0.1) is 0 Å². The summed E-state index contributed by atoms with van der Waals surface area (Å²) in [6.45, 7) is 4.26. The Hall–Kier alpha value is -2.59. The Morgan fingerprint density at radius 2 is 1.80 bits per heavy atom. The molecule has 4 nitrogen and oxygen atoms in total. The molecule has 0 spiro atoms. The highest BCUT2D eigenvalue weighted by atomic mass is 16.5. The van der Waals surface area contributed by atoms with E-state index in [1.165, 1.54) is 5.56 Å². The van der Waals surface area contributed by atoms with E-state index in [0.29, 0.717) is 6.61 Å². The van der Waals surface area contributed by atoms with Crippen molar-refractivity contribution in [3.05, 3.63) is 77.6 Å². The Kier molecular flexibility index (Phi) is 5.51. The lowest BCUT2D eigenvalue weighted by Gasteiger charge is -2.10. The molecule has 0 fully saturated rings. The first-order valence-electron chi connectivity index (χ1n) is 8.62. The molecule has 1 heterocycles. The highest BCUT2D eigenvalue weighted by molar-refractivity contribution is 5.33. The Bertz CT molecular complexity index is 793. The average Bonchev–Trinajstić information content (AvgIpc) is 3.00. The number of ether oxygens (including phenoxy) is 1. The van der Waals surface area contributed by atoms with Crippen LogP contribution in [0.1, 0.15) is 30.3 Å². The van der Waals surface area contributed by atoms with Crippen LogP contribution in [0.25, 0.3) is 5.69 Å². The standard InChI is InChI=1S/C21H24N2O2/c1-16-14-20(23(22-16)19-6-4-3-5-7-19)15-25-21-12-10-18(11-13-21)9-8-17(2)24/h3-7,10-14,17,24H,8-9,15H2,1-2H3. The minimum absolute atomic E-state index is 0.266. The average molecular weight is 336 g/mol. The molecule has 0 aliphatic rings. The summed E-state index contributed by atoms with van der Waals surface area (Å²) < 4.78 is 7.86. The molecule has 0 aliphatic carbocycles. The van der Waals surface area contributed by atoms with Crippen LogP contribution in [-0.2, 0) is 13.0 Å². The van der Waals surface area contributed by atoms with Crippen LogP contribution in [0.4, 0.5) is 0 Å². The van der Waals surface area contributed by atoms with Crippen molar-refractivity contribution in [2.45, 2.75) is 39.4 Å².